The van der Waals surface area contributed by atoms with Crippen LogP contribution in [0, 0.1) is 16.7 Å². The largest absolute Gasteiger partial charge is 0.336 e. The van der Waals surface area contributed by atoms with Crippen molar-refractivity contribution in [1.82, 2.24) is 9.55 Å². The van der Waals surface area contributed by atoms with Gasteiger partial charge in [-0.2, -0.15) is 0 Å². The highest BCUT2D eigenvalue weighted by Crippen LogP contribution is 2.64. The molecule has 2 fully saturated rings. The standard InChI is InChI=1S/C13H18N2O/c1-12(2)10-3-4-13(12,11(16)7-10)8-15-6-5-14-9-15/h5-6,9-10H,3-4,7-8H2,1-2H3. The first-order valence-corrected chi connectivity index (χ1v) is 6.05. The van der Waals surface area contributed by atoms with Crippen molar-refractivity contribution in [2.24, 2.45) is 16.7 Å². The van der Waals surface area contributed by atoms with Gasteiger partial charge in [-0.3, -0.25) is 4.79 Å². The fraction of sp³-hybridized carbons (Fsp3) is 0.692. The van der Waals surface area contributed by atoms with Crippen molar-refractivity contribution in [3.63, 3.8) is 0 Å². The van der Waals surface area contributed by atoms with E-state index in [0.717, 1.165) is 19.4 Å². The maximum Gasteiger partial charge on any atom is 0.141 e. The summed E-state index contributed by atoms with van der Waals surface area (Å²) in [4.78, 5) is 16.3. The Morgan fingerprint density at radius 3 is 2.88 bits per heavy atom. The van der Waals surface area contributed by atoms with E-state index < -0.39 is 0 Å². The van der Waals surface area contributed by atoms with Crippen LogP contribution < -0.4 is 0 Å². The van der Waals surface area contributed by atoms with E-state index in [4.69, 9.17) is 0 Å². The van der Waals surface area contributed by atoms with Crippen molar-refractivity contribution < 1.29 is 4.79 Å². The molecular formula is C13H18N2O. The molecule has 2 atom stereocenters. The summed E-state index contributed by atoms with van der Waals surface area (Å²) in [6.45, 7) is 5.36. The van der Waals surface area contributed by atoms with Crippen LogP contribution in [-0.4, -0.2) is 15.3 Å². The van der Waals surface area contributed by atoms with Crippen LogP contribution in [0.15, 0.2) is 18.7 Å². The van der Waals surface area contributed by atoms with Gasteiger partial charge in [0.2, 0.25) is 0 Å². The van der Waals surface area contributed by atoms with Gasteiger partial charge in [0.25, 0.3) is 0 Å². The summed E-state index contributed by atoms with van der Waals surface area (Å²) in [5.74, 6) is 1.07. The molecule has 86 valence electrons. The molecule has 2 aliphatic rings. The van der Waals surface area contributed by atoms with E-state index in [1.54, 1.807) is 6.20 Å². The molecule has 0 N–H and O–H groups in total. The Bertz CT molecular complexity index is 421. The number of imidazole rings is 1. The van der Waals surface area contributed by atoms with Gasteiger partial charge in [0.15, 0.2) is 0 Å². The SMILES string of the molecule is CC1(C)C2CCC1(Cn1ccnc1)C(=O)C2. The second kappa shape index (κ2) is 2.96. The first-order chi connectivity index (χ1) is 7.56. The summed E-state index contributed by atoms with van der Waals surface area (Å²) >= 11 is 0. The third kappa shape index (κ3) is 1.04. The predicted octanol–water partition coefficient (Wildman–Crippen LogP) is 2.28. The molecule has 3 nitrogen and oxygen atoms in total. The van der Waals surface area contributed by atoms with Crippen LogP contribution in [0.2, 0.25) is 0 Å². The molecule has 0 spiro atoms. The Kier molecular flexibility index (Phi) is 1.86. The van der Waals surface area contributed by atoms with Crippen molar-refractivity contribution in [3.8, 4) is 0 Å². The highest BCUT2D eigenvalue weighted by Gasteiger charge is 2.63. The van der Waals surface area contributed by atoms with Crippen LogP contribution in [0.5, 0.6) is 0 Å². The Morgan fingerprint density at radius 2 is 2.38 bits per heavy atom. The third-order valence-corrected chi connectivity index (χ3v) is 5.15. The molecular weight excluding hydrogens is 200 g/mol. The zero-order chi connectivity index (χ0) is 11.4. The maximum atomic E-state index is 12.3. The van der Waals surface area contributed by atoms with Gasteiger partial charge in [-0.25, -0.2) is 4.98 Å². The highest BCUT2D eigenvalue weighted by atomic mass is 16.1. The summed E-state index contributed by atoms with van der Waals surface area (Å²) in [7, 11) is 0. The van der Waals surface area contributed by atoms with Crippen LogP contribution in [0.4, 0.5) is 0 Å². The van der Waals surface area contributed by atoms with Gasteiger partial charge >= 0.3 is 0 Å². The molecule has 2 saturated carbocycles. The normalized spacial score (nSPS) is 35.9. The first-order valence-electron chi connectivity index (χ1n) is 6.05. The van der Waals surface area contributed by atoms with E-state index in [-0.39, 0.29) is 10.8 Å². The van der Waals surface area contributed by atoms with Gasteiger partial charge < -0.3 is 4.57 Å². The number of hydrogen-bond acceptors (Lipinski definition) is 2. The van der Waals surface area contributed by atoms with Crippen molar-refractivity contribution in [2.45, 2.75) is 39.7 Å². The lowest BCUT2D eigenvalue weighted by Crippen LogP contribution is -2.39. The van der Waals surface area contributed by atoms with Crippen LogP contribution in [0.1, 0.15) is 33.1 Å². The lowest BCUT2D eigenvalue weighted by Gasteiger charge is -2.36. The number of nitrogens with zero attached hydrogens (tertiary/aromatic N) is 2. The van der Waals surface area contributed by atoms with Gasteiger partial charge in [-0.1, -0.05) is 13.8 Å². The lowest BCUT2D eigenvalue weighted by molar-refractivity contribution is -0.130. The number of carbonyl (C=O) groups excluding carboxylic acids is 1. The van der Waals surface area contributed by atoms with Crippen LogP contribution in [0.25, 0.3) is 0 Å². The minimum atomic E-state index is -0.127. The smallest absolute Gasteiger partial charge is 0.141 e. The van der Waals surface area contributed by atoms with Gasteiger partial charge in [0.1, 0.15) is 5.78 Å². The molecule has 2 bridgehead atoms. The van der Waals surface area contributed by atoms with Crippen molar-refractivity contribution in [2.75, 3.05) is 0 Å². The number of rotatable bonds is 2. The van der Waals surface area contributed by atoms with Gasteiger partial charge in [0, 0.05) is 25.4 Å². The van der Waals surface area contributed by atoms with Crippen molar-refractivity contribution in [3.05, 3.63) is 18.7 Å². The molecule has 1 aromatic heterocycles. The minimum Gasteiger partial charge on any atom is -0.336 e. The fourth-order valence-electron chi connectivity index (χ4n) is 3.83. The average molecular weight is 218 g/mol. The Morgan fingerprint density at radius 1 is 1.56 bits per heavy atom. The Labute approximate surface area is 95.9 Å². The first kappa shape index (κ1) is 10.1. The minimum absolute atomic E-state index is 0.127. The number of fused-ring (bicyclic) bond motifs is 2. The number of ketones is 1. The molecule has 0 aromatic carbocycles. The lowest BCUT2D eigenvalue weighted by atomic mass is 9.69. The summed E-state index contributed by atoms with van der Waals surface area (Å²) < 4.78 is 2.06. The van der Waals surface area contributed by atoms with Crippen LogP contribution in [0.3, 0.4) is 0 Å². The zero-order valence-electron chi connectivity index (χ0n) is 9.94. The molecule has 0 aliphatic heterocycles. The molecule has 2 aliphatic carbocycles. The second-order valence-electron chi connectivity index (χ2n) is 5.90. The van der Waals surface area contributed by atoms with E-state index >= 15 is 0 Å². The highest BCUT2D eigenvalue weighted by molar-refractivity contribution is 5.89. The van der Waals surface area contributed by atoms with Gasteiger partial charge in [-0.15, -0.1) is 0 Å². The van der Waals surface area contributed by atoms with Gasteiger partial charge in [0.05, 0.1) is 11.7 Å². The maximum absolute atomic E-state index is 12.3. The van der Waals surface area contributed by atoms with Crippen LogP contribution in [-0.2, 0) is 11.3 Å². The molecule has 1 aromatic rings. The number of aromatic nitrogens is 2. The molecule has 3 rings (SSSR count). The number of carbonyl (C=O) groups is 1. The van der Waals surface area contributed by atoms with Gasteiger partial charge in [-0.05, 0) is 24.2 Å². The molecule has 16 heavy (non-hydrogen) atoms. The number of hydrogen-bond donors (Lipinski definition) is 0. The van der Waals surface area contributed by atoms with E-state index in [0.29, 0.717) is 11.7 Å². The van der Waals surface area contributed by atoms with Crippen molar-refractivity contribution in [1.29, 1.82) is 0 Å². The monoisotopic (exact) mass is 218 g/mol. The Hall–Kier alpha value is -1.12. The molecule has 1 heterocycles. The molecule has 0 saturated heterocycles. The van der Waals surface area contributed by atoms with E-state index in [1.165, 1.54) is 6.42 Å². The van der Waals surface area contributed by atoms with E-state index in [9.17, 15) is 4.79 Å². The van der Waals surface area contributed by atoms with Crippen molar-refractivity contribution >= 4 is 5.78 Å². The van der Waals surface area contributed by atoms with E-state index in [1.807, 2.05) is 12.5 Å². The topological polar surface area (TPSA) is 34.9 Å². The summed E-state index contributed by atoms with van der Waals surface area (Å²) in [5, 5.41) is 0. The predicted molar refractivity (Wildman–Crippen MR) is 60.8 cm³/mol. The second-order valence-corrected chi connectivity index (χ2v) is 5.90. The fourth-order valence-corrected chi connectivity index (χ4v) is 3.83. The summed E-state index contributed by atoms with van der Waals surface area (Å²) in [6, 6.07) is 0. The summed E-state index contributed by atoms with van der Waals surface area (Å²) in [6.07, 6.45) is 8.64. The molecule has 0 amide bonds. The molecule has 2 unspecified atom stereocenters. The summed E-state index contributed by atoms with van der Waals surface area (Å²) in [5.41, 5.74) is 0.0344. The number of Topliss-reactive ketones (excluding diaryl/α,β-unsaturated/α-hetero) is 1. The average Bonchev–Trinajstić information content (AvgIpc) is 2.84. The quantitative estimate of drug-likeness (QED) is 0.763. The van der Waals surface area contributed by atoms with E-state index in [2.05, 4.69) is 23.4 Å². The zero-order valence-corrected chi connectivity index (χ0v) is 9.94. The van der Waals surface area contributed by atoms with Crippen LogP contribution >= 0.6 is 0 Å². The molecule has 3 heteroatoms. The molecule has 0 radical (unpaired) electrons. The Balaban J connectivity index is 1.99. The third-order valence-electron chi connectivity index (χ3n) is 5.15.